The molecule has 6 nitrogen and oxygen atoms in total. The van der Waals surface area contributed by atoms with Gasteiger partial charge in [0.1, 0.15) is 17.1 Å². The summed E-state index contributed by atoms with van der Waals surface area (Å²) in [5, 5.41) is 2.56. The largest absolute Gasteiger partial charge is 0.496 e. The molecule has 1 saturated heterocycles. The third-order valence-corrected chi connectivity index (χ3v) is 6.69. The Morgan fingerprint density at radius 3 is 2.60 bits per heavy atom. The molecule has 0 saturated carbocycles. The van der Waals surface area contributed by atoms with E-state index >= 15 is 0 Å². The van der Waals surface area contributed by atoms with Crippen LogP contribution < -0.4 is 15.0 Å². The number of carbonyl (C=O) groups excluding carboxylic acids is 3. The van der Waals surface area contributed by atoms with Crippen LogP contribution in [0.5, 0.6) is 5.75 Å². The average molecular weight is 605 g/mol. The lowest BCUT2D eigenvalue weighted by Crippen LogP contribution is -2.54. The summed E-state index contributed by atoms with van der Waals surface area (Å²) < 4.78 is 20.0. The molecule has 0 aromatic heterocycles. The van der Waals surface area contributed by atoms with Gasteiger partial charge in [0.05, 0.1) is 12.8 Å². The van der Waals surface area contributed by atoms with Crippen molar-refractivity contribution in [3.63, 3.8) is 0 Å². The number of nitrogens with one attached hydrogen (secondary N) is 1. The zero-order valence-corrected chi connectivity index (χ0v) is 21.6. The summed E-state index contributed by atoms with van der Waals surface area (Å²) in [5.74, 6) is -1.36. The Kier molecular flexibility index (Phi) is 7.23. The van der Waals surface area contributed by atoms with Crippen LogP contribution in [0.1, 0.15) is 22.3 Å². The molecule has 1 fully saturated rings. The molecule has 0 aliphatic carbocycles. The molecule has 0 spiro atoms. The summed E-state index contributed by atoms with van der Waals surface area (Å²) in [4.78, 5) is 39.3. The maximum atomic E-state index is 13.6. The first-order chi connectivity index (χ1) is 16.7. The van der Waals surface area contributed by atoms with Gasteiger partial charge in [-0.25, -0.2) is 14.1 Å². The van der Waals surface area contributed by atoms with Gasteiger partial charge in [0.2, 0.25) is 0 Å². The van der Waals surface area contributed by atoms with Crippen molar-refractivity contribution in [2.75, 3.05) is 12.0 Å². The molecule has 1 aliphatic heterocycles. The van der Waals surface area contributed by atoms with Gasteiger partial charge in [0, 0.05) is 20.6 Å². The molecular weight excluding hydrogens is 586 g/mol. The molecule has 0 atom stereocenters. The summed E-state index contributed by atoms with van der Waals surface area (Å²) >= 11 is 8.20. The van der Waals surface area contributed by atoms with Crippen LogP contribution in [0, 0.1) is 16.3 Å². The van der Waals surface area contributed by atoms with Crippen molar-refractivity contribution in [1.29, 1.82) is 0 Å². The SMILES string of the molecule is COc1cc(/C=C2\C(=O)NC(=O)N(c3cc(Cl)ccc3C)C2=O)cc(I)c1Cc1cccc(F)c1. The van der Waals surface area contributed by atoms with Gasteiger partial charge in [-0.3, -0.25) is 14.9 Å². The highest BCUT2D eigenvalue weighted by molar-refractivity contribution is 14.1. The van der Waals surface area contributed by atoms with Crippen LogP contribution in [0.25, 0.3) is 6.08 Å². The molecule has 9 heteroatoms. The van der Waals surface area contributed by atoms with E-state index in [1.165, 1.54) is 31.4 Å². The molecule has 0 unspecified atom stereocenters. The Labute approximate surface area is 219 Å². The number of imide groups is 2. The number of halogens is 3. The van der Waals surface area contributed by atoms with E-state index in [4.69, 9.17) is 16.3 Å². The first kappa shape index (κ1) is 24.9. The van der Waals surface area contributed by atoms with Gasteiger partial charge in [-0.2, -0.15) is 0 Å². The van der Waals surface area contributed by atoms with E-state index in [1.54, 1.807) is 37.3 Å². The van der Waals surface area contributed by atoms with Crippen LogP contribution in [0.2, 0.25) is 5.02 Å². The lowest BCUT2D eigenvalue weighted by molar-refractivity contribution is -0.122. The van der Waals surface area contributed by atoms with Crippen molar-refractivity contribution in [1.82, 2.24) is 5.32 Å². The molecule has 178 valence electrons. The monoisotopic (exact) mass is 604 g/mol. The number of ether oxygens (including phenoxy) is 1. The van der Waals surface area contributed by atoms with Crippen LogP contribution in [-0.4, -0.2) is 25.0 Å². The van der Waals surface area contributed by atoms with E-state index in [2.05, 4.69) is 27.9 Å². The maximum absolute atomic E-state index is 13.6. The van der Waals surface area contributed by atoms with E-state index in [1.807, 2.05) is 6.07 Å². The lowest BCUT2D eigenvalue weighted by Gasteiger charge is -2.27. The van der Waals surface area contributed by atoms with Crippen molar-refractivity contribution < 1.29 is 23.5 Å². The zero-order valence-electron chi connectivity index (χ0n) is 18.7. The van der Waals surface area contributed by atoms with Crippen molar-refractivity contribution >= 4 is 63.8 Å². The van der Waals surface area contributed by atoms with Crippen LogP contribution in [0.4, 0.5) is 14.9 Å². The van der Waals surface area contributed by atoms with Gasteiger partial charge in [-0.15, -0.1) is 0 Å². The van der Waals surface area contributed by atoms with Crippen molar-refractivity contribution in [3.05, 3.63) is 96.8 Å². The quantitative estimate of drug-likeness (QED) is 0.232. The lowest BCUT2D eigenvalue weighted by atomic mass is 10.0. The molecular formula is C26H19ClFIN2O4. The number of anilines is 1. The average Bonchev–Trinajstić information content (AvgIpc) is 2.80. The minimum absolute atomic E-state index is 0.209. The molecule has 35 heavy (non-hydrogen) atoms. The van der Waals surface area contributed by atoms with Crippen molar-refractivity contribution in [2.24, 2.45) is 0 Å². The minimum atomic E-state index is -0.847. The fraction of sp³-hybridized carbons (Fsp3) is 0.115. The Bertz CT molecular complexity index is 1410. The van der Waals surface area contributed by atoms with Gasteiger partial charge in [-0.1, -0.05) is 29.8 Å². The van der Waals surface area contributed by atoms with E-state index in [0.29, 0.717) is 28.3 Å². The maximum Gasteiger partial charge on any atom is 0.335 e. The van der Waals surface area contributed by atoms with Gasteiger partial charge in [-0.05, 0) is 88.7 Å². The first-order valence-electron chi connectivity index (χ1n) is 10.5. The summed E-state index contributed by atoms with van der Waals surface area (Å²) in [6, 6.07) is 13.8. The van der Waals surface area contributed by atoms with Gasteiger partial charge < -0.3 is 4.74 Å². The predicted octanol–water partition coefficient (Wildman–Crippen LogP) is 5.66. The van der Waals surface area contributed by atoms with Crippen molar-refractivity contribution in [3.8, 4) is 5.75 Å². The second kappa shape index (κ2) is 10.2. The summed E-state index contributed by atoms with van der Waals surface area (Å²) in [5.41, 5.74) is 2.87. The molecule has 1 heterocycles. The Morgan fingerprint density at radius 2 is 1.89 bits per heavy atom. The van der Waals surface area contributed by atoms with E-state index in [0.717, 1.165) is 19.6 Å². The summed E-state index contributed by atoms with van der Waals surface area (Å²) in [6.45, 7) is 1.73. The third kappa shape index (κ3) is 5.23. The fourth-order valence-electron chi connectivity index (χ4n) is 3.79. The number of hydrogen-bond donors (Lipinski definition) is 1. The highest BCUT2D eigenvalue weighted by Gasteiger charge is 2.37. The minimum Gasteiger partial charge on any atom is -0.496 e. The third-order valence-electron chi connectivity index (χ3n) is 5.49. The number of barbiturate groups is 1. The van der Waals surface area contributed by atoms with Crippen LogP contribution >= 0.6 is 34.2 Å². The number of nitrogens with zero attached hydrogens (tertiary/aromatic N) is 1. The van der Waals surface area contributed by atoms with Crippen molar-refractivity contribution in [2.45, 2.75) is 13.3 Å². The van der Waals surface area contributed by atoms with Gasteiger partial charge in [0.25, 0.3) is 11.8 Å². The number of hydrogen-bond acceptors (Lipinski definition) is 4. The molecule has 0 radical (unpaired) electrons. The highest BCUT2D eigenvalue weighted by atomic mass is 127. The highest BCUT2D eigenvalue weighted by Crippen LogP contribution is 2.31. The Hall–Kier alpha value is -3.24. The molecule has 0 bridgehead atoms. The van der Waals surface area contributed by atoms with E-state index in [-0.39, 0.29) is 17.1 Å². The topological polar surface area (TPSA) is 75.7 Å². The summed E-state index contributed by atoms with van der Waals surface area (Å²) in [7, 11) is 1.51. The zero-order chi connectivity index (χ0) is 25.3. The van der Waals surface area contributed by atoms with E-state index in [9.17, 15) is 18.8 Å². The van der Waals surface area contributed by atoms with Crippen LogP contribution in [0.3, 0.4) is 0 Å². The van der Waals surface area contributed by atoms with Crippen LogP contribution in [-0.2, 0) is 16.0 Å². The summed E-state index contributed by atoms with van der Waals surface area (Å²) in [6.07, 6.45) is 1.85. The predicted molar refractivity (Wildman–Crippen MR) is 140 cm³/mol. The number of aryl methyl sites for hydroxylation is 1. The number of carbonyl (C=O) groups is 3. The first-order valence-corrected chi connectivity index (χ1v) is 11.9. The Balaban J connectivity index is 1.72. The number of methoxy groups -OCH3 is 1. The molecule has 4 rings (SSSR count). The number of amides is 4. The molecule has 3 aromatic rings. The smallest absolute Gasteiger partial charge is 0.335 e. The second-order valence-electron chi connectivity index (χ2n) is 7.88. The van der Waals surface area contributed by atoms with E-state index < -0.39 is 17.8 Å². The Morgan fingerprint density at radius 1 is 1.11 bits per heavy atom. The standard InChI is InChI=1S/C26H19ClFIN2O4/c1-14-6-7-17(27)13-22(14)31-25(33)20(24(32)30-26(31)34)10-16-11-21(29)19(23(12-16)35-2)9-15-4-3-5-18(28)8-15/h3-8,10-13H,9H2,1-2H3,(H,30,32,34)/b20-10+. The van der Waals surface area contributed by atoms with Crippen LogP contribution in [0.15, 0.2) is 60.2 Å². The fourth-order valence-corrected chi connectivity index (χ4v) is 4.77. The second-order valence-corrected chi connectivity index (χ2v) is 9.48. The number of rotatable bonds is 5. The number of urea groups is 1. The molecule has 3 aromatic carbocycles. The van der Waals surface area contributed by atoms with Gasteiger partial charge in [0.15, 0.2) is 0 Å². The molecule has 1 N–H and O–H groups in total. The normalized spacial score (nSPS) is 14.9. The molecule has 1 aliphatic rings. The van der Waals surface area contributed by atoms with Gasteiger partial charge >= 0.3 is 6.03 Å². The molecule has 4 amide bonds. The number of benzene rings is 3.